The highest BCUT2D eigenvalue weighted by molar-refractivity contribution is 9.10. The summed E-state index contributed by atoms with van der Waals surface area (Å²) >= 11 is 3.41. The molecule has 1 aliphatic heterocycles. The van der Waals surface area contributed by atoms with Gasteiger partial charge in [0.1, 0.15) is 5.75 Å². The highest BCUT2D eigenvalue weighted by Gasteiger charge is 2.34. The molecule has 1 fully saturated rings. The number of nitrogens with zero attached hydrogens (tertiary/aromatic N) is 1. The lowest BCUT2D eigenvalue weighted by Crippen LogP contribution is -2.59. The molecule has 19 heavy (non-hydrogen) atoms. The largest absolute Gasteiger partial charge is 0.496 e. The fourth-order valence-electron chi connectivity index (χ4n) is 2.35. The van der Waals surface area contributed by atoms with Crippen molar-refractivity contribution < 1.29 is 9.53 Å². The van der Waals surface area contributed by atoms with Crippen LogP contribution >= 0.6 is 15.9 Å². The zero-order chi connectivity index (χ0) is 14.0. The minimum absolute atomic E-state index is 0.0182. The molecule has 0 atom stereocenters. The number of piperazine rings is 1. The van der Waals surface area contributed by atoms with Crippen LogP contribution in [0.3, 0.4) is 0 Å². The topological polar surface area (TPSA) is 41.6 Å². The van der Waals surface area contributed by atoms with Crippen molar-refractivity contribution in [3.05, 3.63) is 28.2 Å². The monoisotopic (exact) mass is 326 g/mol. The van der Waals surface area contributed by atoms with E-state index < -0.39 is 0 Å². The van der Waals surface area contributed by atoms with Crippen LogP contribution < -0.4 is 10.1 Å². The first-order valence-corrected chi connectivity index (χ1v) is 7.11. The maximum Gasteiger partial charge on any atom is 0.258 e. The number of hydrogen-bond acceptors (Lipinski definition) is 3. The highest BCUT2D eigenvalue weighted by Crippen LogP contribution is 2.27. The van der Waals surface area contributed by atoms with E-state index in [4.69, 9.17) is 4.74 Å². The van der Waals surface area contributed by atoms with Crippen molar-refractivity contribution >= 4 is 21.8 Å². The average molecular weight is 327 g/mol. The van der Waals surface area contributed by atoms with Gasteiger partial charge in [-0.05, 0) is 32.0 Å². The van der Waals surface area contributed by atoms with Crippen molar-refractivity contribution in [2.24, 2.45) is 0 Å². The Balaban J connectivity index is 2.35. The standard InChI is InChI=1S/C14H19BrN2O2/c1-14(2)9-16-6-7-17(14)13(18)11-8-10(15)4-5-12(11)19-3/h4-5,8,16H,6-7,9H2,1-3H3. The molecule has 104 valence electrons. The van der Waals surface area contributed by atoms with Crippen molar-refractivity contribution in [3.8, 4) is 5.75 Å². The van der Waals surface area contributed by atoms with Crippen LogP contribution in [-0.2, 0) is 0 Å². The molecule has 0 saturated carbocycles. The van der Waals surface area contributed by atoms with Gasteiger partial charge in [0.2, 0.25) is 0 Å². The second kappa shape index (κ2) is 5.51. The minimum atomic E-state index is -0.192. The molecule has 1 aromatic carbocycles. The second-order valence-corrected chi connectivity index (χ2v) is 6.21. The molecule has 1 saturated heterocycles. The van der Waals surface area contributed by atoms with Crippen molar-refractivity contribution in [3.63, 3.8) is 0 Å². The Morgan fingerprint density at radius 2 is 2.21 bits per heavy atom. The molecular weight excluding hydrogens is 308 g/mol. The minimum Gasteiger partial charge on any atom is -0.496 e. The number of methoxy groups -OCH3 is 1. The fourth-order valence-corrected chi connectivity index (χ4v) is 2.71. The average Bonchev–Trinajstić information content (AvgIpc) is 2.37. The number of halogens is 1. The number of carbonyl (C=O) groups is 1. The van der Waals surface area contributed by atoms with E-state index in [2.05, 4.69) is 35.1 Å². The highest BCUT2D eigenvalue weighted by atomic mass is 79.9. The third-order valence-corrected chi connectivity index (χ3v) is 3.93. The molecule has 1 aliphatic rings. The molecule has 1 heterocycles. The molecule has 5 heteroatoms. The zero-order valence-electron chi connectivity index (χ0n) is 11.5. The fraction of sp³-hybridized carbons (Fsp3) is 0.500. The van der Waals surface area contributed by atoms with Gasteiger partial charge in [-0.1, -0.05) is 15.9 Å². The predicted molar refractivity (Wildman–Crippen MR) is 78.7 cm³/mol. The Morgan fingerprint density at radius 3 is 2.84 bits per heavy atom. The van der Waals surface area contributed by atoms with Gasteiger partial charge in [0.05, 0.1) is 18.2 Å². The molecule has 0 aromatic heterocycles. The van der Waals surface area contributed by atoms with Gasteiger partial charge in [-0.2, -0.15) is 0 Å². The first-order chi connectivity index (χ1) is 8.95. The van der Waals surface area contributed by atoms with Crippen LogP contribution in [0.5, 0.6) is 5.75 Å². The molecule has 2 rings (SSSR count). The Morgan fingerprint density at radius 1 is 1.47 bits per heavy atom. The van der Waals surface area contributed by atoms with E-state index in [1.165, 1.54) is 0 Å². The third-order valence-electron chi connectivity index (χ3n) is 3.44. The first-order valence-electron chi connectivity index (χ1n) is 6.32. The van der Waals surface area contributed by atoms with Crippen LogP contribution in [0.2, 0.25) is 0 Å². The van der Waals surface area contributed by atoms with Crippen LogP contribution in [0.1, 0.15) is 24.2 Å². The summed E-state index contributed by atoms with van der Waals surface area (Å²) in [5.74, 6) is 0.632. The van der Waals surface area contributed by atoms with Gasteiger partial charge >= 0.3 is 0 Å². The van der Waals surface area contributed by atoms with E-state index in [0.717, 1.165) is 17.6 Å². The Bertz CT molecular complexity index is 488. The summed E-state index contributed by atoms with van der Waals surface area (Å²) in [7, 11) is 1.59. The van der Waals surface area contributed by atoms with E-state index in [1.807, 2.05) is 23.1 Å². The summed E-state index contributed by atoms with van der Waals surface area (Å²) in [4.78, 5) is 14.7. The maximum absolute atomic E-state index is 12.7. The van der Waals surface area contributed by atoms with Gasteiger partial charge in [0.15, 0.2) is 0 Å². The van der Waals surface area contributed by atoms with E-state index >= 15 is 0 Å². The lowest BCUT2D eigenvalue weighted by Gasteiger charge is -2.43. The molecule has 0 spiro atoms. The maximum atomic E-state index is 12.7. The van der Waals surface area contributed by atoms with Gasteiger partial charge in [-0.15, -0.1) is 0 Å². The van der Waals surface area contributed by atoms with Crippen LogP contribution in [0.15, 0.2) is 22.7 Å². The number of hydrogen-bond donors (Lipinski definition) is 1. The van der Waals surface area contributed by atoms with Crippen molar-refractivity contribution in [2.75, 3.05) is 26.7 Å². The van der Waals surface area contributed by atoms with Crippen LogP contribution in [0, 0.1) is 0 Å². The number of ether oxygens (including phenoxy) is 1. The summed E-state index contributed by atoms with van der Waals surface area (Å²) in [5.41, 5.74) is 0.412. The number of carbonyl (C=O) groups excluding carboxylic acids is 1. The lowest BCUT2D eigenvalue weighted by atomic mass is 9.98. The molecule has 4 nitrogen and oxygen atoms in total. The van der Waals surface area contributed by atoms with E-state index in [-0.39, 0.29) is 11.4 Å². The van der Waals surface area contributed by atoms with Crippen LogP contribution in [0.25, 0.3) is 0 Å². The van der Waals surface area contributed by atoms with E-state index in [0.29, 0.717) is 17.9 Å². The summed E-state index contributed by atoms with van der Waals surface area (Å²) in [6.45, 7) is 6.48. The zero-order valence-corrected chi connectivity index (χ0v) is 13.1. The first kappa shape index (κ1) is 14.3. The Kier molecular flexibility index (Phi) is 4.16. The normalized spacial score (nSPS) is 18.2. The Hall–Kier alpha value is -1.07. The van der Waals surface area contributed by atoms with E-state index in [9.17, 15) is 4.79 Å². The van der Waals surface area contributed by atoms with E-state index in [1.54, 1.807) is 7.11 Å². The second-order valence-electron chi connectivity index (χ2n) is 5.29. The SMILES string of the molecule is COc1ccc(Br)cc1C(=O)N1CCNCC1(C)C. The summed E-state index contributed by atoms with van der Waals surface area (Å²) in [5, 5.41) is 3.32. The quantitative estimate of drug-likeness (QED) is 0.906. The molecule has 0 bridgehead atoms. The summed E-state index contributed by atoms with van der Waals surface area (Å²) < 4.78 is 6.18. The smallest absolute Gasteiger partial charge is 0.258 e. The predicted octanol–water partition coefficient (Wildman–Crippen LogP) is 2.28. The van der Waals surface area contributed by atoms with Crippen LogP contribution in [0.4, 0.5) is 0 Å². The van der Waals surface area contributed by atoms with Crippen LogP contribution in [-0.4, -0.2) is 43.1 Å². The van der Waals surface area contributed by atoms with Gasteiger partial charge in [-0.25, -0.2) is 0 Å². The third kappa shape index (κ3) is 2.92. The molecular formula is C14H19BrN2O2. The number of amides is 1. The van der Waals surface area contributed by atoms with Gasteiger partial charge < -0.3 is 15.0 Å². The molecule has 0 radical (unpaired) electrons. The van der Waals surface area contributed by atoms with Crippen molar-refractivity contribution in [1.29, 1.82) is 0 Å². The van der Waals surface area contributed by atoms with Crippen molar-refractivity contribution in [1.82, 2.24) is 10.2 Å². The summed E-state index contributed by atoms with van der Waals surface area (Å²) in [6.07, 6.45) is 0. The lowest BCUT2D eigenvalue weighted by molar-refractivity contribution is 0.0474. The molecule has 1 aromatic rings. The van der Waals surface area contributed by atoms with Gasteiger partial charge in [0, 0.05) is 24.1 Å². The molecule has 0 aliphatic carbocycles. The molecule has 1 N–H and O–H groups in total. The Labute approximate surface area is 122 Å². The summed E-state index contributed by atoms with van der Waals surface area (Å²) in [6, 6.07) is 5.50. The number of benzene rings is 1. The number of rotatable bonds is 2. The number of nitrogens with one attached hydrogen (secondary N) is 1. The van der Waals surface area contributed by atoms with Crippen molar-refractivity contribution in [2.45, 2.75) is 19.4 Å². The molecule has 0 unspecified atom stereocenters. The van der Waals surface area contributed by atoms with Gasteiger partial charge in [0.25, 0.3) is 5.91 Å². The molecule has 1 amide bonds. The van der Waals surface area contributed by atoms with Gasteiger partial charge in [-0.3, -0.25) is 4.79 Å².